The number of hydrogen-bond donors (Lipinski definition) is 1. The van der Waals surface area contributed by atoms with Crippen molar-refractivity contribution in [3.63, 3.8) is 0 Å². The van der Waals surface area contributed by atoms with Gasteiger partial charge in [0.15, 0.2) is 5.58 Å². The van der Waals surface area contributed by atoms with Gasteiger partial charge in [-0.1, -0.05) is 24.3 Å². The van der Waals surface area contributed by atoms with Crippen LogP contribution >= 0.6 is 22.7 Å². The van der Waals surface area contributed by atoms with E-state index in [0.29, 0.717) is 35.6 Å². The number of thiophene rings is 1. The highest BCUT2D eigenvalue weighted by molar-refractivity contribution is 7.22. The van der Waals surface area contributed by atoms with Crippen LogP contribution in [-0.4, -0.2) is 32.8 Å². The summed E-state index contributed by atoms with van der Waals surface area (Å²) in [6, 6.07) is 15.0. The maximum absolute atomic E-state index is 13.1. The molecule has 2 amide bonds. The summed E-state index contributed by atoms with van der Waals surface area (Å²) in [4.78, 5) is 45.2. The SMILES string of the molecule is CC(=O)N1CCc2c(sc(NC(=O)Cn3c(=O)oc4ccccc43)c2-c2nc3ccccc3s2)C1. The number of anilines is 1. The van der Waals surface area contributed by atoms with Gasteiger partial charge in [-0.3, -0.25) is 14.2 Å². The normalized spacial score (nSPS) is 13.3. The molecule has 1 aliphatic rings. The number of carbonyl (C=O) groups is 2. The first-order valence-corrected chi connectivity index (χ1v) is 12.8. The Morgan fingerprint density at radius 2 is 1.91 bits per heavy atom. The van der Waals surface area contributed by atoms with Gasteiger partial charge in [0.05, 0.1) is 22.3 Å². The van der Waals surface area contributed by atoms with E-state index in [0.717, 1.165) is 31.2 Å². The van der Waals surface area contributed by atoms with E-state index >= 15 is 0 Å². The average Bonchev–Trinajstić information content (AvgIpc) is 3.51. The number of thiazole rings is 1. The minimum absolute atomic E-state index is 0.0300. The van der Waals surface area contributed by atoms with Gasteiger partial charge in [-0.15, -0.1) is 22.7 Å². The molecule has 0 atom stereocenters. The third-order valence-corrected chi connectivity index (χ3v) is 8.32. The Morgan fingerprint density at radius 3 is 2.74 bits per heavy atom. The Bertz CT molecular complexity index is 1640. The number of nitrogens with one attached hydrogen (secondary N) is 1. The van der Waals surface area contributed by atoms with Crippen LogP contribution in [0, 0.1) is 0 Å². The molecule has 35 heavy (non-hydrogen) atoms. The zero-order valence-corrected chi connectivity index (χ0v) is 20.4. The number of rotatable bonds is 4. The Kier molecular flexibility index (Phi) is 5.27. The average molecular weight is 505 g/mol. The highest BCUT2D eigenvalue weighted by Crippen LogP contribution is 2.45. The molecule has 0 saturated carbocycles. The number of oxazole rings is 1. The Hall–Kier alpha value is -3.76. The van der Waals surface area contributed by atoms with Gasteiger partial charge < -0.3 is 14.6 Å². The second kappa shape index (κ2) is 8.47. The number of benzene rings is 2. The number of amides is 2. The van der Waals surface area contributed by atoms with Crippen molar-refractivity contribution in [2.45, 2.75) is 26.4 Å². The van der Waals surface area contributed by atoms with Crippen molar-refractivity contribution >= 4 is 60.8 Å². The molecule has 10 heteroatoms. The predicted octanol–water partition coefficient (Wildman–Crippen LogP) is 4.48. The number of aromatic nitrogens is 2. The fourth-order valence-electron chi connectivity index (χ4n) is 4.44. The molecule has 2 aromatic carbocycles. The first-order chi connectivity index (χ1) is 17.0. The lowest BCUT2D eigenvalue weighted by molar-refractivity contribution is -0.129. The molecule has 1 N–H and O–H groups in total. The van der Waals surface area contributed by atoms with Gasteiger partial charge in [0.25, 0.3) is 0 Å². The topological polar surface area (TPSA) is 97.4 Å². The highest BCUT2D eigenvalue weighted by Gasteiger charge is 2.28. The molecule has 3 aromatic heterocycles. The summed E-state index contributed by atoms with van der Waals surface area (Å²) in [6.45, 7) is 2.54. The van der Waals surface area contributed by atoms with Crippen molar-refractivity contribution in [2.75, 3.05) is 11.9 Å². The minimum atomic E-state index is -0.574. The Balaban J connectivity index is 1.39. The van der Waals surface area contributed by atoms with E-state index in [-0.39, 0.29) is 18.4 Å². The first kappa shape index (κ1) is 21.8. The largest absolute Gasteiger partial charge is 0.420 e. The monoisotopic (exact) mass is 504 g/mol. The van der Waals surface area contributed by atoms with E-state index in [9.17, 15) is 14.4 Å². The quantitative estimate of drug-likeness (QED) is 0.389. The first-order valence-electron chi connectivity index (χ1n) is 11.1. The van der Waals surface area contributed by atoms with Gasteiger partial charge in [-0.05, 0) is 36.2 Å². The lowest BCUT2D eigenvalue weighted by Crippen LogP contribution is -2.33. The van der Waals surface area contributed by atoms with Gasteiger partial charge in [0, 0.05) is 23.9 Å². The second-order valence-electron chi connectivity index (χ2n) is 8.36. The van der Waals surface area contributed by atoms with E-state index in [2.05, 4.69) is 5.32 Å². The number of hydrogen-bond acceptors (Lipinski definition) is 7. The van der Waals surface area contributed by atoms with Crippen LogP contribution in [0.5, 0.6) is 0 Å². The maximum atomic E-state index is 13.1. The summed E-state index contributed by atoms with van der Waals surface area (Å²) in [5, 5.41) is 4.55. The lowest BCUT2D eigenvalue weighted by atomic mass is 10.0. The van der Waals surface area contributed by atoms with Crippen molar-refractivity contribution in [1.29, 1.82) is 0 Å². The lowest BCUT2D eigenvalue weighted by Gasteiger charge is -2.26. The number of carbonyl (C=O) groups excluding carboxylic acids is 2. The van der Waals surface area contributed by atoms with Crippen LogP contribution < -0.4 is 11.1 Å². The van der Waals surface area contributed by atoms with Crippen LogP contribution in [0.1, 0.15) is 17.4 Å². The Morgan fingerprint density at radius 1 is 1.11 bits per heavy atom. The molecule has 5 aromatic rings. The Labute approximate surface area is 207 Å². The highest BCUT2D eigenvalue weighted by atomic mass is 32.1. The van der Waals surface area contributed by atoms with Gasteiger partial charge in [-0.25, -0.2) is 9.78 Å². The molecular formula is C25H20N4O4S2. The summed E-state index contributed by atoms with van der Waals surface area (Å²) in [5.41, 5.74) is 3.94. The smallest absolute Gasteiger partial charge is 0.408 e. The molecule has 4 heterocycles. The van der Waals surface area contributed by atoms with Crippen LogP contribution in [0.15, 0.2) is 57.7 Å². The molecule has 0 spiro atoms. The second-order valence-corrected chi connectivity index (χ2v) is 10.5. The summed E-state index contributed by atoms with van der Waals surface area (Å²) in [6.07, 6.45) is 0.693. The van der Waals surface area contributed by atoms with Crippen molar-refractivity contribution < 1.29 is 14.0 Å². The van der Waals surface area contributed by atoms with Gasteiger partial charge in [0.1, 0.15) is 16.6 Å². The zero-order valence-electron chi connectivity index (χ0n) is 18.7. The van der Waals surface area contributed by atoms with Crippen molar-refractivity contribution in [1.82, 2.24) is 14.5 Å². The van der Waals surface area contributed by atoms with Crippen molar-refractivity contribution in [3.05, 3.63) is 69.5 Å². The third-order valence-electron chi connectivity index (χ3n) is 6.14. The fraction of sp³-hybridized carbons (Fsp3) is 0.200. The van der Waals surface area contributed by atoms with E-state index in [1.807, 2.05) is 29.2 Å². The van der Waals surface area contributed by atoms with Crippen LogP contribution in [0.2, 0.25) is 0 Å². The molecule has 0 unspecified atom stereocenters. The molecule has 0 fully saturated rings. The predicted molar refractivity (Wildman–Crippen MR) is 137 cm³/mol. The third kappa shape index (κ3) is 3.84. The number of fused-ring (bicyclic) bond motifs is 3. The summed E-state index contributed by atoms with van der Waals surface area (Å²) in [7, 11) is 0. The fourth-order valence-corrected chi connectivity index (χ4v) is 6.83. The summed E-state index contributed by atoms with van der Waals surface area (Å²) in [5.74, 6) is -0.874. The molecule has 0 saturated heterocycles. The van der Waals surface area contributed by atoms with Crippen LogP contribution in [0.25, 0.3) is 31.9 Å². The standard InChI is InChI=1S/C25H20N4O4S2/c1-14(30)28-11-10-15-20(12-28)35-24(22(15)23-26-16-6-2-5-9-19(16)34-23)27-21(31)13-29-17-7-3-4-8-18(17)33-25(29)32/h2-9H,10-13H2,1H3,(H,27,31). The molecule has 0 radical (unpaired) electrons. The molecule has 176 valence electrons. The van der Waals surface area contributed by atoms with Gasteiger partial charge >= 0.3 is 5.76 Å². The zero-order chi connectivity index (χ0) is 24.1. The van der Waals surface area contributed by atoms with E-state index in [1.54, 1.807) is 42.5 Å². The molecule has 8 nitrogen and oxygen atoms in total. The van der Waals surface area contributed by atoms with E-state index < -0.39 is 5.76 Å². The molecule has 6 rings (SSSR count). The molecule has 1 aliphatic heterocycles. The van der Waals surface area contributed by atoms with Crippen LogP contribution in [0.4, 0.5) is 5.00 Å². The molecule has 0 aliphatic carbocycles. The van der Waals surface area contributed by atoms with Crippen molar-refractivity contribution in [3.8, 4) is 10.6 Å². The number of nitrogens with zero attached hydrogens (tertiary/aromatic N) is 3. The minimum Gasteiger partial charge on any atom is -0.408 e. The summed E-state index contributed by atoms with van der Waals surface area (Å²) < 4.78 is 7.65. The van der Waals surface area contributed by atoms with E-state index in [1.165, 1.54) is 15.9 Å². The maximum Gasteiger partial charge on any atom is 0.420 e. The van der Waals surface area contributed by atoms with Gasteiger partial charge in [-0.2, -0.15) is 0 Å². The number of para-hydroxylation sites is 3. The molecular weight excluding hydrogens is 484 g/mol. The van der Waals surface area contributed by atoms with Crippen LogP contribution in [-0.2, 0) is 29.1 Å². The summed E-state index contributed by atoms with van der Waals surface area (Å²) >= 11 is 3.05. The van der Waals surface area contributed by atoms with Crippen molar-refractivity contribution in [2.24, 2.45) is 0 Å². The van der Waals surface area contributed by atoms with Crippen LogP contribution in [0.3, 0.4) is 0 Å². The van der Waals surface area contributed by atoms with Gasteiger partial charge in [0.2, 0.25) is 11.8 Å². The van der Waals surface area contributed by atoms with E-state index in [4.69, 9.17) is 9.40 Å². The molecule has 0 bridgehead atoms.